The molecule has 1 aromatic heterocycles. The predicted molar refractivity (Wildman–Crippen MR) is 166 cm³/mol. The lowest BCUT2D eigenvalue weighted by molar-refractivity contribution is 0.176. The zero-order valence-electron chi connectivity index (χ0n) is 23.8. The van der Waals surface area contributed by atoms with Crippen molar-refractivity contribution in [2.45, 2.75) is 18.7 Å². The number of nitrogens with one attached hydrogen (secondary N) is 3. The highest BCUT2D eigenvalue weighted by molar-refractivity contribution is 5.87. The van der Waals surface area contributed by atoms with Crippen LogP contribution in [0.25, 0.3) is 10.9 Å². The standard InChI is InChI=1S/C34H33N3O7/c38-29-15-13-27(28-14-16-31(40)36-33(28)29)30(39)21-35-20-22-9-11-25(12-10-22)43-17-18-44-26-8-4-7-24(19-26)32(37-34(41)42)23-5-2-1-3-6-23/h1-16,19,30,32,35,37-39H,17-18,20-21H2,(H,36,40)(H,41,42)/t30-,32-/m0/s1. The van der Waals surface area contributed by atoms with Gasteiger partial charge in [-0.1, -0.05) is 60.7 Å². The molecular weight excluding hydrogens is 562 g/mol. The summed E-state index contributed by atoms with van der Waals surface area (Å²) in [5, 5.41) is 36.5. The molecule has 0 spiro atoms. The van der Waals surface area contributed by atoms with Crippen molar-refractivity contribution in [1.82, 2.24) is 15.6 Å². The summed E-state index contributed by atoms with van der Waals surface area (Å²) in [5.41, 5.74) is 3.17. The van der Waals surface area contributed by atoms with Gasteiger partial charge in [-0.15, -0.1) is 0 Å². The number of aromatic nitrogens is 1. The molecule has 0 aliphatic heterocycles. The molecule has 10 nitrogen and oxygen atoms in total. The number of carboxylic acid groups (broad SMARTS) is 1. The molecule has 0 unspecified atom stereocenters. The molecule has 0 radical (unpaired) electrons. The third kappa shape index (κ3) is 7.74. The van der Waals surface area contributed by atoms with Crippen molar-refractivity contribution < 1.29 is 29.6 Å². The lowest BCUT2D eigenvalue weighted by Crippen LogP contribution is -2.27. The van der Waals surface area contributed by atoms with Gasteiger partial charge in [0.2, 0.25) is 5.56 Å². The van der Waals surface area contributed by atoms with Crippen molar-refractivity contribution in [2.24, 2.45) is 0 Å². The molecule has 0 aliphatic rings. The molecule has 226 valence electrons. The molecule has 10 heteroatoms. The summed E-state index contributed by atoms with van der Waals surface area (Å²) < 4.78 is 11.7. The third-order valence-corrected chi connectivity index (χ3v) is 7.07. The van der Waals surface area contributed by atoms with E-state index in [9.17, 15) is 24.9 Å². The molecule has 6 N–H and O–H groups in total. The van der Waals surface area contributed by atoms with E-state index in [1.807, 2.05) is 78.9 Å². The number of H-pyrrole nitrogens is 1. The van der Waals surface area contributed by atoms with Crippen molar-refractivity contribution >= 4 is 17.0 Å². The Morgan fingerprint density at radius 3 is 2.30 bits per heavy atom. The van der Waals surface area contributed by atoms with Gasteiger partial charge >= 0.3 is 6.09 Å². The number of phenols is 1. The minimum absolute atomic E-state index is 0.0489. The summed E-state index contributed by atoms with van der Waals surface area (Å²) in [6, 6.07) is 29.8. The van der Waals surface area contributed by atoms with Crippen molar-refractivity contribution in [3.05, 3.63) is 136 Å². The maximum absolute atomic E-state index is 11.6. The second-order valence-corrected chi connectivity index (χ2v) is 10.1. The molecule has 5 rings (SSSR count). The average Bonchev–Trinajstić information content (AvgIpc) is 3.03. The van der Waals surface area contributed by atoms with Gasteiger partial charge in [0.1, 0.15) is 30.5 Å². The highest BCUT2D eigenvalue weighted by Gasteiger charge is 2.17. The number of aliphatic hydroxyl groups excluding tert-OH is 1. The zero-order valence-corrected chi connectivity index (χ0v) is 23.8. The molecule has 0 aliphatic carbocycles. The number of ether oxygens (including phenoxy) is 2. The smallest absolute Gasteiger partial charge is 0.405 e. The SMILES string of the molecule is O=C(O)N[C@@H](c1ccccc1)c1cccc(OCCOc2ccc(CNC[C@H](O)c3ccc(O)c4[nH]c(=O)ccc34)cc2)c1. The maximum atomic E-state index is 11.6. The number of aromatic hydroxyl groups is 1. The Hall–Kier alpha value is -5.32. The molecule has 4 aromatic carbocycles. The quantitative estimate of drug-likeness (QED) is 0.105. The molecule has 1 heterocycles. The fourth-order valence-corrected chi connectivity index (χ4v) is 4.95. The minimum Gasteiger partial charge on any atom is -0.506 e. The van der Waals surface area contributed by atoms with E-state index in [2.05, 4.69) is 15.6 Å². The minimum atomic E-state index is -1.11. The Balaban J connectivity index is 1.08. The molecule has 5 aromatic rings. The van der Waals surface area contributed by atoms with Crippen molar-refractivity contribution in [1.29, 1.82) is 0 Å². The molecule has 0 bridgehead atoms. The molecular formula is C34H33N3O7. The van der Waals surface area contributed by atoms with E-state index < -0.39 is 18.2 Å². The van der Waals surface area contributed by atoms with Gasteiger partial charge in [0.05, 0.1) is 17.7 Å². The first-order chi connectivity index (χ1) is 21.4. The molecule has 0 fully saturated rings. The number of aliphatic hydroxyl groups is 1. The Bertz CT molecular complexity index is 1760. The first kappa shape index (κ1) is 30.1. The van der Waals surface area contributed by atoms with E-state index in [0.29, 0.717) is 47.7 Å². The summed E-state index contributed by atoms with van der Waals surface area (Å²) in [7, 11) is 0. The summed E-state index contributed by atoms with van der Waals surface area (Å²) in [4.78, 5) is 25.6. The average molecular weight is 596 g/mol. The number of amides is 1. The predicted octanol–water partition coefficient (Wildman–Crippen LogP) is 4.87. The number of phenolic OH excluding ortho intramolecular Hbond substituents is 1. The normalized spacial score (nSPS) is 12.4. The van der Waals surface area contributed by atoms with Gasteiger partial charge in [0.25, 0.3) is 0 Å². The van der Waals surface area contributed by atoms with Crippen LogP contribution in [0.5, 0.6) is 17.2 Å². The first-order valence-corrected chi connectivity index (χ1v) is 14.1. The van der Waals surface area contributed by atoms with Crippen LogP contribution in [0.3, 0.4) is 0 Å². The maximum Gasteiger partial charge on any atom is 0.405 e. The molecule has 2 atom stereocenters. The summed E-state index contributed by atoms with van der Waals surface area (Å²) in [6.45, 7) is 1.40. The first-order valence-electron chi connectivity index (χ1n) is 14.1. The van der Waals surface area contributed by atoms with Gasteiger partial charge in [-0.2, -0.15) is 0 Å². The van der Waals surface area contributed by atoms with Crippen LogP contribution in [0.4, 0.5) is 4.79 Å². The number of hydrogen-bond acceptors (Lipinski definition) is 7. The lowest BCUT2D eigenvalue weighted by atomic mass is 9.99. The van der Waals surface area contributed by atoms with E-state index in [-0.39, 0.29) is 17.9 Å². The van der Waals surface area contributed by atoms with Crippen LogP contribution in [0, 0.1) is 0 Å². The van der Waals surface area contributed by atoms with E-state index in [4.69, 9.17) is 9.47 Å². The van der Waals surface area contributed by atoms with Crippen LogP contribution < -0.4 is 25.7 Å². The molecule has 0 saturated carbocycles. The number of pyridine rings is 1. The van der Waals surface area contributed by atoms with E-state index in [0.717, 1.165) is 16.7 Å². The molecule has 44 heavy (non-hydrogen) atoms. The van der Waals surface area contributed by atoms with Gasteiger partial charge in [0.15, 0.2) is 0 Å². The number of benzene rings is 4. The zero-order chi connectivity index (χ0) is 30.9. The largest absolute Gasteiger partial charge is 0.506 e. The second-order valence-electron chi connectivity index (χ2n) is 10.1. The van der Waals surface area contributed by atoms with Crippen molar-refractivity contribution in [2.75, 3.05) is 19.8 Å². The lowest BCUT2D eigenvalue weighted by Gasteiger charge is -2.19. The van der Waals surface area contributed by atoms with Crippen LogP contribution in [-0.4, -0.2) is 46.2 Å². The van der Waals surface area contributed by atoms with E-state index in [1.54, 1.807) is 12.1 Å². The Morgan fingerprint density at radius 1 is 0.818 bits per heavy atom. The number of aromatic amines is 1. The van der Waals surface area contributed by atoms with Gasteiger partial charge < -0.3 is 40.4 Å². The van der Waals surface area contributed by atoms with Crippen LogP contribution in [0.2, 0.25) is 0 Å². The number of hydrogen-bond donors (Lipinski definition) is 6. The molecule has 0 saturated heterocycles. The summed E-state index contributed by atoms with van der Waals surface area (Å²) >= 11 is 0. The highest BCUT2D eigenvalue weighted by Crippen LogP contribution is 2.29. The van der Waals surface area contributed by atoms with Crippen LogP contribution in [-0.2, 0) is 6.54 Å². The number of rotatable bonds is 13. The monoisotopic (exact) mass is 595 g/mol. The Morgan fingerprint density at radius 2 is 1.55 bits per heavy atom. The topological polar surface area (TPSA) is 153 Å². The fraction of sp³-hybridized carbons (Fsp3) is 0.176. The van der Waals surface area contributed by atoms with Crippen molar-refractivity contribution in [3.63, 3.8) is 0 Å². The summed E-state index contributed by atoms with van der Waals surface area (Å²) in [5.74, 6) is 1.24. The van der Waals surface area contributed by atoms with Gasteiger partial charge in [-0.25, -0.2) is 4.79 Å². The van der Waals surface area contributed by atoms with Crippen LogP contribution in [0.1, 0.15) is 34.4 Å². The van der Waals surface area contributed by atoms with E-state index in [1.165, 1.54) is 12.1 Å². The Labute approximate surface area is 253 Å². The number of carbonyl (C=O) groups is 1. The number of fused-ring (bicyclic) bond motifs is 1. The summed E-state index contributed by atoms with van der Waals surface area (Å²) in [6.07, 6.45) is -1.95. The van der Waals surface area contributed by atoms with Crippen molar-refractivity contribution in [3.8, 4) is 17.2 Å². The van der Waals surface area contributed by atoms with E-state index >= 15 is 0 Å². The van der Waals surface area contributed by atoms with Gasteiger partial charge in [-0.3, -0.25) is 4.79 Å². The van der Waals surface area contributed by atoms with Gasteiger partial charge in [-0.05, 0) is 58.7 Å². The van der Waals surface area contributed by atoms with Crippen LogP contribution in [0.15, 0.2) is 108 Å². The Kier molecular flexibility index (Phi) is 9.75. The van der Waals surface area contributed by atoms with Crippen LogP contribution >= 0.6 is 0 Å². The van der Waals surface area contributed by atoms with Gasteiger partial charge in [0, 0.05) is 24.5 Å². The third-order valence-electron chi connectivity index (χ3n) is 7.07. The second kappa shape index (κ2) is 14.2. The highest BCUT2D eigenvalue weighted by atomic mass is 16.5. The fourth-order valence-electron chi connectivity index (χ4n) is 4.95. The molecule has 1 amide bonds.